The van der Waals surface area contributed by atoms with Crippen LogP contribution in [0.25, 0.3) is 0 Å². The van der Waals surface area contributed by atoms with E-state index in [2.05, 4.69) is 25.3 Å². The summed E-state index contributed by atoms with van der Waals surface area (Å²) >= 11 is 0. The van der Waals surface area contributed by atoms with E-state index >= 15 is 0 Å². The fraction of sp³-hybridized carbons (Fsp3) is 0.897. The molecule has 1 fully saturated rings. The molecule has 9 atom stereocenters. The van der Waals surface area contributed by atoms with Gasteiger partial charge in [0.25, 0.3) is 0 Å². The van der Waals surface area contributed by atoms with E-state index in [0.717, 1.165) is 70.1 Å². The topological polar surface area (TPSA) is 210 Å². The van der Waals surface area contributed by atoms with Crippen LogP contribution < -0.4 is 0 Å². The molecule has 0 aliphatic heterocycles. The molecule has 1 rings (SSSR count). The minimum Gasteiger partial charge on any atom is -0.462 e. The van der Waals surface area contributed by atoms with Crippen molar-refractivity contribution < 1.29 is 63.1 Å². The fourth-order valence-corrected chi connectivity index (χ4v) is 7.27. The van der Waals surface area contributed by atoms with Crippen molar-refractivity contribution in [1.82, 2.24) is 0 Å². The number of esters is 2. The highest BCUT2D eigenvalue weighted by atomic mass is 31.2. The molecule has 53 heavy (non-hydrogen) atoms. The number of unbranched alkanes of at least 4 members (excludes halogenated alkanes) is 10. The Kier molecular flexibility index (Phi) is 27.9. The van der Waals surface area contributed by atoms with Crippen molar-refractivity contribution in [2.45, 2.75) is 180 Å². The van der Waals surface area contributed by atoms with Crippen molar-refractivity contribution in [3.8, 4) is 0 Å². The number of hydrogen-bond donors (Lipinski definition) is 6. The maximum atomic E-state index is 12.6. The highest BCUT2D eigenvalue weighted by molar-refractivity contribution is 7.47. The van der Waals surface area contributed by atoms with Gasteiger partial charge in [-0.2, -0.15) is 0 Å². The summed E-state index contributed by atoms with van der Waals surface area (Å²) < 4.78 is 32.6. The first-order valence-electron chi connectivity index (χ1n) is 20.3. The van der Waals surface area contributed by atoms with Gasteiger partial charge in [-0.1, -0.05) is 116 Å². The van der Waals surface area contributed by atoms with E-state index in [4.69, 9.17) is 19.1 Å². The molecule has 1 aliphatic carbocycles. The molecule has 1 saturated carbocycles. The molecule has 0 amide bonds. The lowest BCUT2D eigenvalue weighted by molar-refractivity contribution is -0.161. The molecule has 1 aliphatic rings. The van der Waals surface area contributed by atoms with Gasteiger partial charge in [0.05, 0.1) is 38.1 Å². The standard InChI is InChI=1S/C39H73O13P/c1-4-6-13-19-31(41)23-24-35-34(36(43)25-37(35)44)20-15-11-12-16-21-38(45)49-28-33(29-51-53(47,48)50-27-32(42)26-40)52-39(46)22-17-10-8-7-9-14-18-30(3)5-2/h23-24,30-37,40-44H,4-22,25-29H2,1-3H3,(H,47,48)/b24-23+/t30?,31-,32-,33+,34+,35+,36-,37+/m0/s1. The van der Waals surface area contributed by atoms with Crippen LogP contribution in [0.5, 0.6) is 0 Å². The van der Waals surface area contributed by atoms with Gasteiger partial charge in [-0.15, -0.1) is 0 Å². The molecule has 0 spiro atoms. The molecule has 13 nitrogen and oxygen atoms in total. The van der Waals surface area contributed by atoms with Crippen molar-refractivity contribution in [3.63, 3.8) is 0 Å². The quantitative estimate of drug-likeness (QED) is 0.0187. The highest BCUT2D eigenvalue weighted by Gasteiger charge is 2.39. The van der Waals surface area contributed by atoms with Gasteiger partial charge in [0.1, 0.15) is 12.7 Å². The van der Waals surface area contributed by atoms with Gasteiger partial charge in [-0.3, -0.25) is 18.6 Å². The minimum absolute atomic E-state index is 0.0976. The Labute approximate surface area is 318 Å². The number of phosphoric acid groups is 1. The van der Waals surface area contributed by atoms with Crippen molar-refractivity contribution in [3.05, 3.63) is 12.2 Å². The summed E-state index contributed by atoms with van der Waals surface area (Å²) in [6.07, 6.45) is 15.6. The van der Waals surface area contributed by atoms with E-state index in [-0.39, 0.29) is 31.3 Å². The molecular weight excluding hydrogens is 707 g/mol. The zero-order valence-corrected chi connectivity index (χ0v) is 33.6. The maximum absolute atomic E-state index is 12.6. The van der Waals surface area contributed by atoms with E-state index in [1.54, 1.807) is 6.08 Å². The van der Waals surface area contributed by atoms with Crippen LogP contribution in [0.3, 0.4) is 0 Å². The van der Waals surface area contributed by atoms with Crippen LogP contribution in [0.15, 0.2) is 12.2 Å². The summed E-state index contributed by atoms with van der Waals surface area (Å²) in [5.41, 5.74) is 0. The van der Waals surface area contributed by atoms with Crippen LogP contribution in [0, 0.1) is 17.8 Å². The summed E-state index contributed by atoms with van der Waals surface area (Å²) in [7, 11) is -4.66. The van der Waals surface area contributed by atoms with Gasteiger partial charge < -0.3 is 39.9 Å². The lowest BCUT2D eigenvalue weighted by Crippen LogP contribution is -2.29. The van der Waals surface area contributed by atoms with Crippen LogP contribution in [0.4, 0.5) is 0 Å². The summed E-state index contributed by atoms with van der Waals surface area (Å²) in [5, 5.41) is 49.6. The summed E-state index contributed by atoms with van der Waals surface area (Å²) in [5.74, 6) is -0.629. The zero-order valence-electron chi connectivity index (χ0n) is 32.7. The zero-order chi connectivity index (χ0) is 39.5. The first-order valence-corrected chi connectivity index (χ1v) is 21.8. The van der Waals surface area contributed by atoms with Gasteiger partial charge >= 0.3 is 19.8 Å². The number of carbonyl (C=O) groups is 2. The third-order valence-corrected chi connectivity index (χ3v) is 11.0. The van der Waals surface area contributed by atoms with E-state index in [1.165, 1.54) is 19.3 Å². The third kappa shape index (κ3) is 24.7. The van der Waals surface area contributed by atoms with Gasteiger partial charge in [0.15, 0.2) is 6.10 Å². The Hall–Kier alpha value is -1.41. The highest BCUT2D eigenvalue weighted by Crippen LogP contribution is 2.43. The minimum atomic E-state index is -4.66. The van der Waals surface area contributed by atoms with Crippen molar-refractivity contribution in [1.29, 1.82) is 0 Å². The van der Waals surface area contributed by atoms with Crippen molar-refractivity contribution in [2.24, 2.45) is 17.8 Å². The Bertz CT molecular complexity index is 1030. The first-order chi connectivity index (χ1) is 25.3. The predicted molar refractivity (Wildman–Crippen MR) is 203 cm³/mol. The molecule has 0 aromatic heterocycles. The molecular formula is C39H73O13P. The average molecular weight is 781 g/mol. The summed E-state index contributed by atoms with van der Waals surface area (Å²) in [6, 6.07) is 0. The molecule has 0 bridgehead atoms. The van der Waals surface area contributed by atoms with E-state index in [0.29, 0.717) is 32.1 Å². The summed E-state index contributed by atoms with van der Waals surface area (Å²) in [4.78, 5) is 35.0. The number of rotatable bonds is 33. The Morgan fingerprint density at radius 3 is 2.06 bits per heavy atom. The number of hydrogen-bond acceptors (Lipinski definition) is 12. The molecule has 2 unspecified atom stereocenters. The van der Waals surface area contributed by atoms with Crippen LogP contribution in [-0.4, -0.2) is 99.3 Å². The number of aliphatic hydroxyl groups excluding tert-OH is 5. The van der Waals surface area contributed by atoms with Crippen LogP contribution in [0.1, 0.15) is 149 Å². The summed E-state index contributed by atoms with van der Waals surface area (Å²) in [6.45, 7) is 4.28. The largest absolute Gasteiger partial charge is 0.472 e. The number of phosphoric ester groups is 1. The SMILES string of the molecule is CCCCC[C@H](O)/C=C/[C@@H]1[C@@H](CCCCCCC(=O)OC[C@H](COP(=O)(O)OC[C@@H](O)CO)OC(=O)CCCCCCCCC(C)CC)[C@@H](O)C[C@H]1O. The second-order valence-electron chi connectivity index (χ2n) is 14.9. The first kappa shape index (κ1) is 49.6. The van der Waals surface area contributed by atoms with E-state index in [1.807, 2.05) is 6.08 Å². The van der Waals surface area contributed by atoms with Crippen LogP contribution in [0.2, 0.25) is 0 Å². The molecule has 6 N–H and O–H groups in total. The number of ether oxygens (including phenoxy) is 2. The second kappa shape index (κ2) is 29.8. The Balaban J connectivity index is 2.48. The smallest absolute Gasteiger partial charge is 0.462 e. The number of aliphatic hydroxyl groups is 5. The maximum Gasteiger partial charge on any atom is 0.472 e. The van der Waals surface area contributed by atoms with Crippen LogP contribution >= 0.6 is 7.82 Å². The molecule has 14 heteroatoms. The average Bonchev–Trinajstić information content (AvgIpc) is 3.40. The van der Waals surface area contributed by atoms with Gasteiger partial charge in [-0.25, -0.2) is 4.57 Å². The van der Waals surface area contributed by atoms with Gasteiger partial charge in [0.2, 0.25) is 0 Å². The lowest BCUT2D eigenvalue weighted by atomic mass is 9.88. The number of carbonyl (C=O) groups excluding carboxylic acids is 2. The normalized spacial score (nSPS) is 22.4. The predicted octanol–water partition coefficient (Wildman–Crippen LogP) is 6.29. The van der Waals surface area contributed by atoms with E-state index < -0.39 is 70.1 Å². The molecule has 0 aromatic rings. The van der Waals surface area contributed by atoms with Gasteiger partial charge in [0, 0.05) is 25.2 Å². The van der Waals surface area contributed by atoms with E-state index in [9.17, 15) is 39.5 Å². The molecule has 0 aromatic carbocycles. The molecule has 0 heterocycles. The third-order valence-electron chi connectivity index (χ3n) is 10.1. The Morgan fingerprint density at radius 2 is 1.40 bits per heavy atom. The van der Waals surface area contributed by atoms with Crippen LogP contribution in [-0.2, 0) is 32.7 Å². The van der Waals surface area contributed by atoms with Gasteiger partial charge in [-0.05, 0) is 37.5 Å². The Morgan fingerprint density at radius 1 is 0.792 bits per heavy atom. The van der Waals surface area contributed by atoms with Crippen molar-refractivity contribution >= 4 is 19.8 Å². The van der Waals surface area contributed by atoms with Crippen molar-refractivity contribution in [2.75, 3.05) is 26.4 Å². The second-order valence-corrected chi connectivity index (χ2v) is 16.3. The molecule has 0 radical (unpaired) electrons. The lowest BCUT2D eigenvalue weighted by Gasteiger charge is -2.21. The molecule has 0 saturated heterocycles. The molecule has 312 valence electrons. The fourth-order valence-electron chi connectivity index (χ4n) is 6.48. The monoisotopic (exact) mass is 780 g/mol.